The zero-order chi connectivity index (χ0) is 27.1. The van der Waals surface area contributed by atoms with E-state index in [4.69, 9.17) is 10.2 Å². The van der Waals surface area contributed by atoms with Gasteiger partial charge in [-0.3, -0.25) is 4.79 Å². The minimum absolute atomic E-state index is 0.337. The van der Waals surface area contributed by atoms with Crippen LogP contribution in [0.25, 0.3) is 0 Å². The van der Waals surface area contributed by atoms with Gasteiger partial charge in [-0.2, -0.15) is 0 Å². The van der Waals surface area contributed by atoms with Gasteiger partial charge in [0.1, 0.15) is 0 Å². The molecule has 0 aliphatic rings. The van der Waals surface area contributed by atoms with Crippen molar-refractivity contribution in [2.24, 2.45) is 0 Å². The van der Waals surface area contributed by atoms with Crippen LogP contribution in [0.2, 0.25) is 0 Å². The fraction of sp³-hybridized carbons (Fsp3) is 0.879. The molecule has 0 aromatic carbocycles. The molecule has 218 valence electrons. The number of carboxylic acids is 2. The smallest absolute Gasteiger partial charge is 0.327 e. The summed E-state index contributed by atoms with van der Waals surface area (Å²) in [6.45, 7) is 0. The monoisotopic (exact) mass is 522 g/mol. The van der Waals surface area contributed by atoms with Crippen molar-refractivity contribution in [1.29, 1.82) is 0 Å². The molecule has 0 heterocycles. The fourth-order valence-electron chi connectivity index (χ4n) is 5.14. The average molecular weight is 523 g/mol. The van der Waals surface area contributed by atoms with E-state index in [0.717, 1.165) is 25.7 Å². The molecule has 0 bridgehead atoms. The lowest BCUT2D eigenvalue weighted by atomic mass is 10.0. The maximum atomic E-state index is 10.5. The molecule has 0 atom stereocenters. The number of carbonyl (C=O) groups is 2. The molecule has 0 aliphatic carbocycles. The second kappa shape index (κ2) is 30.9. The maximum Gasteiger partial charge on any atom is 0.327 e. The summed E-state index contributed by atoms with van der Waals surface area (Å²) >= 11 is 0. The fourth-order valence-corrected chi connectivity index (χ4v) is 5.14. The van der Waals surface area contributed by atoms with E-state index < -0.39 is 11.9 Å². The molecule has 0 amide bonds. The second-order valence-electron chi connectivity index (χ2n) is 11.2. The predicted molar refractivity (Wildman–Crippen MR) is 158 cm³/mol. The van der Waals surface area contributed by atoms with E-state index in [9.17, 15) is 9.59 Å². The van der Waals surface area contributed by atoms with Gasteiger partial charge in [0.15, 0.2) is 0 Å². The van der Waals surface area contributed by atoms with Crippen LogP contribution in [0, 0.1) is 0 Å². The molecule has 4 heteroatoms. The summed E-state index contributed by atoms with van der Waals surface area (Å²) < 4.78 is 0. The van der Waals surface area contributed by atoms with E-state index in [1.165, 1.54) is 160 Å². The Morgan fingerprint density at radius 1 is 0.378 bits per heavy atom. The van der Waals surface area contributed by atoms with Crippen molar-refractivity contribution in [3.8, 4) is 0 Å². The van der Waals surface area contributed by atoms with Gasteiger partial charge >= 0.3 is 11.9 Å². The molecule has 0 aliphatic heterocycles. The van der Waals surface area contributed by atoms with E-state index in [2.05, 4.69) is 0 Å². The van der Waals surface area contributed by atoms with E-state index in [1.807, 2.05) is 0 Å². The van der Waals surface area contributed by atoms with Crippen molar-refractivity contribution in [3.05, 3.63) is 12.2 Å². The van der Waals surface area contributed by atoms with E-state index in [0.29, 0.717) is 6.42 Å². The van der Waals surface area contributed by atoms with Gasteiger partial charge in [0.2, 0.25) is 0 Å². The van der Waals surface area contributed by atoms with Gasteiger partial charge in [0.25, 0.3) is 0 Å². The van der Waals surface area contributed by atoms with Crippen LogP contribution in [0.5, 0.6) is 0 Å². The first-order chi connectivity index (χ1) is 18.1. The number of rotatable bonds is 31. The molecular weight excluding hydrogens is 460 g/mol. The third kappa shape index (κ3) is 34.7. The summed E-state index contributed by atoms with van der Waals surface area (Å²) in [5.41, 5.74) is 0. The van der Waals surface area contributed by atoms with Crippen molar-refractivity contribution in [2.45, 2.75) is 186 Å². The van der Waals surface area contributed by atoms with E-state index >= 15 is 0 Å². The Kier molecular flexibility index (Phi) is 29.8. The van der Waals surface area contributed by atoms with Gasteiger partial charge in [-0.05, 0) is 19.3 Å². The number of aliphatic carboxylic acids is 2. The first kappa shape index (κ1) is 35.7. The van der Waals surface area contributed by atoms with Crippen LogP contribution in [0.15, 0.2) is 12.2 Å². The standard InChI is InChI=1S/C33H62O4/c34-32(35)30-28-26-24-22-20-18-16-14-12-10-8-6-4-2-1-3-5-7-9-11-13-15-17-19-21-23-25-27-29-31-33(36)37/h28,30H,1-27,29,31H2,(H,34,35)(H,36,37). The highest BCUT2D eigenvalue weighted by Crippen LogP contribution is 2.16. The SMILES string of the molecule is O=C(O)C=CCCCCCCCCCCCCCCCCCCCCCCCCCCCCCC(=O)O. The van der Waals surface area contributed by atoms with Crippen LogP contribution >= 0.6 is 0 Å². The quantitative estimate of drug-likeness (QED) is 0.0701. The minimum Gasteiger partial charge on any atom is -0.481 e. The second-order valence-corrected chi connectivity index (χ2v) is 11.2. The van der Waals surface area contributed by atoms with E-state index in [1.54, 1.807) is 6.08 Å². The molecule has 37 heavy (non-hydrogen) atoms. The zero-order valence-electron chi connectivity index (χ0n) is 24.4. The Balaban J connectivity index is 3.05. The Morgan fingerprint density at radius 3 is 0.865 bits per heavy atom. The summed E-state index contributed by atoms with van der Waals surface area (Å²) in [6.07, 6.45) is 40.4. The van der Waals surface area contributed by atoms with Crippen LogP contribution < -0.4 is 0 Å². The largest absolute Gasteiger partial charge is 0.481 e. The Labute approximate surface area is 230 Å². The number of unbranched alkanes of at least 4 members (excludes halogenated alkanes) is 27. The Hall–Kier alpha value is -1.32. The first-order valence-electron chi connectivity index (χ1n) is 16.2. The summed E-state index contributed by atoms with van der Waals surface area (Å²) in [5.74, 6) is -1.49. The lowest BCUT2D eigenvalue weighted by molar-refractivity contribution is -0.137. The Bertz CT molecular complexity index is 514. The number of hydrogen-bond acceptors (Lipinski definition) is 2. The van der Waals surface area contributed by atoms with Crippen LogP contribution in [0.1, 0.15) is 186 Å². The van der Waals surface area contributed by atoms with Gasteiger partial charge in [0, 0.05) is 12.5 Å². The molecule has 2 N–H and O–H groups in total. The van der Waals surface area contributed by atoms with Gasteiger partial charge < -0.3 is 10.2 Å². The molecule has 0 rings (SSSR count). The summed E-state index contributed by atoms with van der Waals surface area (Å²) in [6, 6.07) is 0. The highest BCUT2D eigenvalue weighted by atomic mass is 16.4. The normalized spacial score (nSPS) is 11.5. The summed E-state index contributed by atoms with van der Waals surface area (Å²) in [5, 5.41) is 17.1. The summed E-state index contributed by atoms with van der Waals surface area (Å²) in [4.78, 5) is 20.8. The van der Waals surface area contributed by atoms with Crippen molar-refractivity contribution in [2.75, 3.05) is 0 Å². The summed E-state index contributed by atoms with van der Waals surface area (Å²) in [7, 11) is 0. The molecule has 4 nitrogen and oxygen atoms in total. The lowest BCUT2D eigenvalue weighted by Gasteiger charge is -2.04. The topological polar surface area (TPSA) is 74.6 Å². The molecular formula is C33H62O4. The first-order valence-corrected chi connectivity index (χ1v) is 16.2. The lowest BCUT2D eigenvalue weighted by Crippen LogP contribution is -1.93. The van der Waals surface area contributed by atoms with Crippen LogP contribution in [-0.4, -0.2) is 22.2 Å². The molecule has 0 fully saturated rings. The molecule has 0 aromatic rings. The number of hydrogen-bond donors (Lipinski definition) is 2. The number of allylic oxidation sites excluding steroid dienone is 1. The van der Waals surface area contributed by atoms with Gasteiger partial charge in [-0.25, -0.2) is 4.79 Å². The highest BCUT2D eigenvalue weighted by molar-refractivity contribution is 5.79. The molecule has 0 unspecified atom stereocenters. The average Bonchev–Trinajstić information content (AvgIpc) is 2.87. The third-order valence-corrected chi connectivity index (χ3v) is 7.52. The van der Waals surface area contributed by atoms with Crippen LogP contribution in [0.4, 0.5) is 0 Å². The van der Waals surface area contributed by atoms with E-state index in [-0.39, 0.29) is 0 Å². The van der Waals surface area contributed by atoms with Crippen LogP contribution in [0.3, 0.4) is 0 Å². The third-order valence-electron chi connectivity index (χ3n) is 7.52. The van der Waals surface area contributed by atoms with Gasteiger partial charge in [-0.15, -0.1) is 0 Å². The highest BCUT2D eigenvalue weighted by Gasteiger charge is 1.98. The number of carboxylic acid groups (broad SMARTS) is 2. The predicted octanol–water partition coefficient (Wildman–Crippen LogP) is 11.0. The molecule has 0 radical (unpaired) electrons. The van der Waals surface area contributed by atoms with Gasteiger partial charge in [0.05, 0.1) is 0 Å². The molecule has 0 saturated carbocycles. The minimum atomic E-state index is -0.837. The van der Waals surface area contributed by atoms with Crippen LogP contribution in [-0.2, 0) is 9.59 Å². The Morgan fingerprint density at radius 2 is 0.622 bits per heavy atom. The molecule has 0 spiro atoms. The molecule has 0 aromatic heterocycles. The maximum absolute atomic E-state index is 10.5. The molecule has 0 saturated heterocycles. The zero-order valence-corrected chi connectivity index (χ0v) is 24.4. The van der Waals surface area contributed by atoms with Crippen molar-refractivity contribution in [1.82, 2.24) is 0 Å². The van der Waals surface area contributed by atoms with Gasteiger partial charge in [-0.1, -0.05) is 167 Å². The van der Waals surface area contributed by atoms with Crippen molar-refractivity contribution < 1.29 is 19.8 Å². The van der Waals surface area contributed by atoms with Crippen molar-refractivity contribution in [3.63, 3.8) is 0 Å². The van der Waals surface area contributed by atoms with Crippen molar-refractivity contribution >= 4 is 11.9 Å².